The first-order valence-corrected chi connectivity index (χ1v) is 20.7. The summed E-state index contributed by atoms with van der Waals surface area (Å²) >= 11 is 0. The minimum Gasteiger partial charge on any atom is -0.453 e. The van der Waals surface area contributed by atoms with Crippen LogP contribution in [0.25, 0.3) is 44.2 Å². The van der Waals surface area contributed by atoms with Crippen molar-refractivity contribution in [3.63, 3.8) is 0 Å². The molecule has 4 aliphatic rings. The van der Waals surface area contributed by atoms with Gasteiger partial charge in [0.1, 0.15) is 17.7 Å². The molecule has 5 atom stereocenters. The maximum absolute atomic E-state index is 13.9. The zero-order chi connectivity index (χ0) is 38.8. The first-order valence-electron chi connectivity index (χ1n) is 20.7. The van der Waals surface area contributed by atoms with E-state index in [2.05, 4.69) is 76.5 Å². The van der Waals surface area contributed by atoms with Crippen molar-refractivity contribution in [2.24, 2.45) is 11.8 Å². The Kier molecular flexibility index (Phi) is 9.37. The lowest BCUT2D eigenvalue weighted by Gasteiger charge is -2.32. The summed E-state index contributed by atoms with van der Waals surface area (Å²) in [5, 5.41) is 4.93. The van der Waals surface area contributed by atoms with Crippen LogP contribution >= 0.6 is 0 Å². The highest BCUT2D eigenvalue weighted by atomic mass is 16.5. The average molecular weight is 756 g/mol. The molecule has 11 nitrogen and oxygen atoms in total. The van der Waals surface area contributed by atoms with E-state index in [1.165, 1.54) is 47.8 Å². The molecule has 11 heteroatoms. The standard InChI is InChI=1S/C45H53N7O4/c1-24(2)40(50-45(55)56-5)44(54)52-26(4)10-20-38(52)43-47-35-18-14-29-22-28(13-15-31(29)41(35)49-43)30-16-17-34(33-8-6-7-32(30)33)36-23-46-42(48-36)37-19-9-25(3)51(37)39(53)21-27-11-12-27/h13-18,22-27,37-38,40H,6-12,19-21H2,1-5H3,(H,46,48)(H,47,49)(H,50,55)/t25-,26-,37-,38-,40-/m0/s1. The Labute approximate surface area is 328 Å². The Morgan fingerprint density at radius 3 is 2.30 bits per heavy atom. The van der Waals surface area contributed by atoms with Gasteiger partial charge in [-0.1, -0.05) is 44.2 Å². The Bertz CT molecular complexity index is 2340. The number of imidazole rings is 2. The van der Waals surface area contributed by atoms with Crippen LogP contribution in [0.3, 0.4) is 0 Å². The zero-order valence-corrected chi connectivity index (χ0v) is 33.2. The van der Waals surface area contributed by atoms with E-state index < -0.39 is 12.1 Å². The SMILES string of the molecule is COC(=O)N[C@H](C(=O)N1[C@@H](C)CC[C@H]1c1nc2c(ccc3cc(-c4ccc(-c5cnc([C@@H]6CC[C@H](C)N6C(=O)CC6CC6)[nH]5)c5c4CCC5)ccc32)[nH]1)C(C)C. The maximum Gasteiger partial charge on any atom is 0.407 e. The van der Waals surface area contributed by atoms with Crippen LogP contribution in [0.2, 0.25) is 0 Å². The van der Waals surface area contributed by atoms with Gasteiger partial charge in [0.15, 0.2) is 0 Å². The predicted octanol–water partition coefficient (Wildman–Crippen LogP) is 8.55. The van der Waals surface area contributed by atoms with E-state index in [-0.39, 0.29) is 41.9 Å². The van der Waals surface area contributed by atoms with Gasteiger partial charge in [-0.2, -0.15) is 0 Å². The molecule has 3 fully saturated rings. The number of hydrogen-bond donors (Lipinski definition) is 3. The Morgan fingerprint density at radius 2 is 1.57 bits per heavy atom. The highest BCUT2D eigenvalue weighted by Gasteiger charge is 2.42. The molecule has 5 aromatic rings. The monoisotopic (exact) mass is 755 g/mol. The van der Waals surface area contributed by atoms with Crippen molar-refractivity contribution in [3.8, 4) is 22.4 Å². The number of amides is 3. The number of aromatic nitrogens is 4. The number of nitrogens with zero attached hydrogens (tertiary/aromatic N) is 4. The summed E-state index contributed by atoms with van der Waals surface area (Å²) < 4.78 is 4.83. The Morgan fingerprint density at radius 1 is 0.857 bits per heavy atom. The minimum absolute atomic E-state index is 0.0119. The molecule has 9 rings (SSSR count). The summed E-state index contributed by atoms with van der Waals surface area (Å²) in [6.45, 7) is 8.09. The molecule has 1 saturated carbocycles. The van der Waals surface area contributed by atoms with Crippen molar-refractivity contribution in [2.75, 3.05) is 7.11 Å². The van der Waals surface area contributed by atoms with E-state index in [1.54, 1.807) is 0 Å². The van der Waals surface area contributed by atoms with E-state index in [0.29, 0.717) is 12.3 Å². The predicted molar refractivity (Wildman–Crippen MR) is 217 cm³/mol. The molecule has 3 aromatic carbocycles. The number of fused-ring (bicyclic) bond motifs is 4. The zero-order valence-electron chi connectivity index (χ0n) is 33.2. The van der Waals surface area contributed by atoms with E-state index in [0.717, 1.165) is 84.1 Å². The first kappa shape index (κ1) is 36.4. The van der Waals surface area contributed by atoms with E-state index in [9.17, 15) is 14.4 Å². The number of carbonyl (C=O) groups is 3. The first-order chi connectivity index (χ1) is 27.1. The van der Waals surface area contributed by atoms with Crippen molar-refractivity contribution in [3.05, 3.63) is 71.4 Å². The van der Waals surface area contributed by atoms with Crippen LogP contribution in [0.4, 0.5) is 4.79 Å². The van der Waals surface area contributed by atoms with Gasteiger partial charge in [0, 0.05) is 29.5 Å². The highest BCUT2D eigenvalue weighted by molar-refractivity contribution is 6.05. The summed E-state index contributed by atoms with van der Waals surface area (Å²) in [4.78, 5) is 60.6. The number of hydrogen-bond acceptors (Lipinski definition) is 6. The lowest BCUT2D eigenvalue weighted by Crippen LogP contribution is -2.52. The molecule has 0 bridgehead atoms. The molecule has 3 amide bonds. The largest absolute Gasteiger partial charge is 0.453 e. The highest BCUT2D eigenvalue weighted by Crippen LogP contribution is 2.43. The van der Waals surface area contributed by atoms with Gasteiger partial charge in [0.2, 0.25) is 11.8 Å². The lowest BCUT2D eigenvalue weighted by atomic mass is 9.91. The van der Waals surface area contributed by atoms with Gasteiger partial charge < -0.3 is 29.8 Å². The van der Waals surface area contributed by atoms with Crippen LogP contribution in [-0.4, -0.2) is 72.9 Å². The maximum atomic E-state index is 13.9. The molecule has 2 aliphatic heterocycles. The van der Waals surface area contributed by atoms with Crippen LogP contribution in [0, 0.1) is 11.8 Å². The number of methoxy groups -OCH3 is 1. The van der Waals surface area contributed by atoms with Crippen molar-refractivity contribution in [1.82, 2.24) is 35.1 Å². The molecule has 292 valence electrons. The third kappa shape index (κ3) is 6.42. The number of alkyl carbamates (subject to hydrolysis) is 1. The number of aromatic amines is 2. The van der Waals surface area contributed by atoms with Crippen LogP contribution in [0.15, 0.2) is 48.7 Å². The number of ether oxygens (including phenoxy) is 1. The minimum atomic E-state index is -0.693. The normalized spacial score (nSPS) is 22.7. The topological polar surface area (TPSA) is 136 Å². The third-order valence-corrected chi connectivity index (χ3v) is 13.0. The average Bonchev–Trinajstić information content (AvgIpc) is 3.74. The van der Waals surface area contributed by atoms with Gasteiger partial charge in [-0.3, -0.25) is 9.59 Å². The second kappa shape index (κ2) is 14.4. The summed E-state index contributed by atoms with van der Waals surface area (Å²) in [6, 6.07) is 14.8. The summed E-state index contributed by atoms with van der Waals surface area (Å²) in [5.74, 6) is 2.31. The number of carbonyl (C=O) groups excluding carboxylic acids is 3. The second-order valence-electron chi connectivity index (χ2n) is 17.1. The second-order valence-corrected chi connectivity index (χ2v) is 17.1. The van der Waals surface area contributed by atoms with Crippen LogP contribution in [-0.2, 0) is 27.2 Å². The fraction of sp³-hybridized carbons (Fsp3) is 0.489. The van der Waals surface area contributed by atoms with Crippen molar-refractivity contribution in [1.29, 1.82) is 0 Å². The van der Waals surface area contributed by atoms with Crippen molar-refractivity contribution >= 4 is 39.7 Å². The lowest BCUT2D eigenvalue weighted by molar-refractivity contribution is -0.137. The molecule has 0 unspecified atom stereocenters. The van der Waals surface area contributed by atoms with Crippen LogP contribution in [0.1, 0.15) is 114 Å². The van der Waals surface area contributed by atoms with Gasteiger partial charge in [-0.25, -0.2) is 14.8 Å². The van der Waals surface area contributed by atoms with Gasteiger partial charge in [0.05, 0.1) is 42.1 Å². The van der Waals surface area contributed by atoms with Gasteiger partial charge in [-0.05, 0) is 123 Å². The van der Waals surface area contributed by atoms with Crippen LogP contribution in [0.5, 0.6) is 0 Å². The molecule has 2 saturated heterocycles. The number of H-pyrrole nitrogens is 2. The Hall–Kier alpha value is -5.19. The fourth-order valence-electron chi connectivity index (χ4n) is 9.85. The van der Waals surface area contributed by atoms with Crippen molar-refractivity contribution in [2.45, 2.75) is 122 Å². The number of likely N-dealkylation sites (tertiary alicyclic amines) is 2. The fourth-order valence-corrected chi connectivity index (χ4v) is 9.85. The summed E-state index contributed by atoms with van der Waals surface area (Å²) in [5.41, 5.74) is 9.31. The Balaban J connectivity index is 0.988. The summed E-state index contributed by atoms with van der Waals surface area (Å²) in [6.07, 6.45) is 11.2. The molecule has 0 spiro atoms. The quantitative estimate of drug-likeness (QED) is 0.138. The van der Waals surface area contributed by atoms with E-state index in [4.69, 9.17) is 14.7 Å². The number of rotatable bonds is 9. The van der Waals surface area contributed by atoms with Gasteiger partial charge in [-0.15, -0.1) is 0 Å². The molecular formula is C45H53N7O4. The van der Waals surface area contributed by atoms with Crippen molar-refractivity contribution < 1.29 is 19.1 Å². The molecule has 2 aliphatic carbocycles. The molecular weight excluding hydrogens is 703 g/mol. The third-order valence-electron chi connectivity index (χ3n) is 13.0. The van der Waals surface area contributed by atoms with Gasteiger partial charge in [0.25, 0.3) is 0 Å². The van der Waals surface area contributed by atoms with Gasteiger partial charge >= 0.3 is 6.09 Å². The van der Waals surface area contributed by atoms with E-state index >= 15 is 0 Å². The molecule has 4 heterocycles. The van der Waals surface area contributed by atoms with E-state index in [1.807, 2.05) is 24.9 Å². The number of nitrogens with one attached hydrogen (secondary N) is 3. The molecule has 2 aromatic heterocycles. The summed E-state index contributed by atoms with van der Waals surface area (Å²) in [7, 11) is 1.31. The smallest absolute Gasteiger partial charge is 0.407 e. The number of benzene rings is 3. The molecule has 0 radical (unpaired) electrons. The van der Waals surface area contributed by atoms with Crippen LogP contribution < -0.4 is 5.32 Å². The molecule has 3 N–H and O–H groups in total. The molecule has 56 heavy (non-hydrogen) atoms.